The number of aromatic hydroxyl groups is 1. The molecule has 1 saturated carbocycles. The number of carbonyl (C=O) groups excluding carboxylic acids is 2. The van der Waals surface area contributed by atoms with Crippen molar-refractivity contribution in [1.82, 2.24) is 4.90 Å². The van der Waals surface area contributed by atoms with Crippen LogP contribution in [-0.2, 0) is 21.4 Å². The Bertz CT molecular complexity index is 1470. The topological polar surface area (TPSA) is 129 Å². The van der Waals surface area contributed by atoms with Gasteiger partial charge in [-0.25, -0.2) is 4.79 Å². The second-order valence-electron chi connectivity index (χ2n) is 11.4. The van der Waals surface area contributed by atoms with E-state index in [-0.39, 0.29) is 54.0 Å². The first-order valence-corrected chi connectivity index (χ1v) is 13.7. The Morgan fingerprint density at radius 2 is 2.00 bits per heavy atom. The molecular weight excluding hydrogens is 536 g/mol. The highest BCUT2D eigenvalue weighted by Gasteiger charge is 2.73. The predicted octanol–water partition coefficient (Wildman–Crippen LogP) is 4.09. The average molecular weight is 569 g/mol. The summed E-state index contributed by atoms with van der Waals surface area (Å²) < 4.78 is 11.1. The first kappa shape index (κ1) is 26.9. The van der Waals surface area contributed by atoms with Crippen LogP contribution in [0.4, 0.5) is 5.69 Å². The normalized spacial score (nSPS) is 29.7. The number of esters is 1. The number of anilines is 1. The van der Waals surface area contributed by atoms with E-state index in [4.69, 9.17) is 21.1 Å². The summed E-state index contributed by atoms with van der Waals surface area (Å²) in [6, 6.07) is 7.59. The summed E-state index contributed by atoms with van der Waals surface area (Å²) in [5.74, 6) is -0.798. The average Bonchev–Trinajstić information content (AvgIpc) is 3.66. The molecule has 9 nitrogen and oxygen atoms in total. The first-order chi connectivity index (χ1) is 18.7. The number of nitrogens with one attached hydrogen (secondary N) is 1. The molecule has 3 aliphatic carbocycles. The van der Waals surface area contributed by atoms with Crippen molar-refractivity contribution in [3.05, 3.63) is 63.4 Å². The lowest BCUT2D eigenvalue weighted by Crippen LogP contribution is -2.75. The van der Waals surface area contributed by atoms with Crippen molar-refractivity contribution < 1.29 is 34.4 Å². The molecule has 5 aliphatic rings. The number of hydrogen-bond donors (Lipinski definition) is 4. The fourth-order valence-electron chi connectivity index (χ4n) is 7.47. The number of nitrogens with zero attached hydrogens (tertiary/aromatic N) is 1. The van der Waals surface area contributed by atoms with Crippen molar-refractivity contribution in [2.24, 2.45) is 5.92 Å². The van der Waals surface area contributed by atoms with Crippen LogP contribution in [0.3, 0.4) is 0 Å². The lowest BCUT2D eigenvalue weighted by molar-refractivity contribution is -0.172. The molecule has 4 N–H and O–H groups in total. The lowest BCUT2D eigenvalue weighted by Gasteiger charge is -2.62. The van der Waals surface area contributed by atoms with Gasteiger partial charge in [0, 0.05) is 29.6 Å². The number of piperidine rings is 1. The monoisotopic (exact) mass is 568 g/mol. The molecule has 1 amide bonds. The summed E-state index contributed by atoms with van der Waals surface area (Å²) in [6.45, 7) is 1.60. The quantitative estimate of drug-likeness (QED) is 0.397. The molecular formula is C30H33ClN2O7. The SMILES string of the molecule is C.COC(=O)c1cc(Cl)ccc1NC(=O)C1=C(O)[C@@H]2Oc3c(O)ccc4c3[C@@]23CCN(CC2CC2)[C@H](C4)[C@]3(O)C1. The van der Waals surface area contributed by atoms with Crippen LogP contribution < -0.4 is 10.1 Å². The highest BCUT2D eigenvalue weighted by Crippen LogP contribution is 2.66. The van der Waals surface area contributed by atoms with E-state index in [2.05, 4.69) is 10.2 Å². The summed E-state index contributed by atoms with van der Waals surface area (Å²) in [5, 5.41) is 38.0. The molecule has 2 fully saturated rings. The van der Waals surface area contributed by atoms with E-state index in [9.17, 15) is 24.9 Å². The minimum absolute atomic E-state index is 0. The zero-order chi connectivity index (χ0) is 27.3. The largest absolute Gasteiger partial charge is 0.508 e. The third-order valence-corrected chi connectivity index (χ3v) is 9.66. The van der Waals surface area contributed by atoms with E-state index in [1.807, 2.05) is 6.07 Å². The van der Waals surface area contributed by atoms with Gasteiger partial charge in [0.25, 0.3) is 5.91 Å². The number of ether oxygens (including phenoxy) is 2. The molecule has 10 heteroatoms. The summed E-state index contributed by atoms with van der Waals surface area (Å²) >= 11 is 6.07. The standard InChI is InChI=1S/C29H29ClN2O7.CH4/c1-38-27(36)17-11-16(30)5-6-19(17)31-26(35)18-12-29(37)21-10-15-4-7-20(33)24-22(15)28(29,25(39-24)23(18)34)8-9-32(21)13-14-2-3-14;/h4-7,11,14,21,25,33-34,37H,2-3,8-10,12-13H2,1H3,(H,31,35);1H4/t21-,25+,28+,29-;/m1./s1. The summed E-state index contributed by atoms with van der Waals surface area (Å²) in [6.07, 6.45) is 2.27. The third-order valence-electron chi connectivity index (χ3n) is 9.43. The van der Waals surface area contributed by atoms with Gasteiger partial charge < -0.3 is 30.1 Å². The summed E-state index contributed by atoms with van der Waals surface area (Å²) in [7, 11) is 1.23. The van der Waals surface area contributed by atoms with E-state index < -0.39 is 29.0 Å². The van der Waals surface area contributed by atoms with Gasteiger partial charge in [-0.15, -0.1) is 0 Å². The van der Waals surface area contributed by atoms with Crippen molar-refractivity contribution in [1.29, 1.82) is 0 Å². The van der Waals surface area contributed by atoms with E-state index in [0.717, 1.165) is 24.2 Å². The van der Waals surface area contributed by atoms with Crippen molar-refractivity contribution >= 4 is 29.2 Å². The minimum atomic E-state index is -1.43. The number of phenolic OH excluding ortho intramolecular Hbond substituents is 1. The second kappa shape index (κ2) is 9.12. The van der Waals surface area contributed by atoms with Crippen LogP contribution in [0, 0.1) is 5.92 Å². The van der Waals surface area contributed by atoms with Gasteiger partial charge in [-0.3, -0.25) is 9.69 Å². The van der Waals surface area contributed by atoms with Crippen molar-refractivity contribution in [2.75, 3.05) is 25.5 Å². The molecule has 0 radical (unpaired) electrons. The molecule has 2 aromatic rings. The molecule has 7 rings (SSSR count). The number of likely N-dealkylation sites (tertiary alicyclic amines) is 1. The molecule has 2 heterocycles. The number of benzene rings is 2. The van der Waals surface area contributed by atoms with Gasteiger partial charge in [-0.1, -0.05) is 25.1 Å². The van der Waals surface area contributed by atoms with Gasteiger partial charge in [-0.2, -0.15) is 0 Å². The molecule has 1 spiro atoms. The molecule has 4 atom stereocenters. The van der Waals surface area contributed by atoms with Crippen molar-refractivity contribution in [3.8, 4) is 11.5 Å². The van der Waals surface area contributed by atoms with Crippen LogP contribution in [0.5, 0.6) is 11.5 Å². The maximum atomic E-state index is 13.7. The van der Waals surface area contributed by atoms with Gasteiger partial charge >= 0.3 is 5.97 Å². The smallest absolute Gasteiger partial charge is 0.340 e. The second-order valence-corrected chi connectivity index (χ2v) is 11.9. The van der Waals surface area contributed by atoms with Gasteiger partial charge in [0.15, 0.2) is 17.6 Å². The van der Waals surface area contributed by atoms with Crippen LogP contribution in [0.1, 0.15) is 54.6 Å². The van der Waals surface area contributed by atoms with Crippen LogP contribution in [0.2, 0.25) is 5.02 Å². The van der Waals surface area contributed by atoms with Crippen LogP contribution in [0.25, 0.3) is 0 Å². The number of rotatable bonds is 5. The Hall–Kier alpha value is -3.27. The third kappa shape index (κ3) is 3.53. The molecule has 212 valence electrons. The van der Waals surface area contributed by atoms with Gasteiger partial charge in [0.2, 0.25) is 0 Å². The molecule has 2 aliphatic heterocycles. The highest BCUT2D eigenvalue weighted by molar-refractivity contribution is 6.31. The first-order valence-electron chi connectivity index (χ1n) is 13.3. The van der Waals surface area contributed by atoms with E-state index in [0.29, 0.717) is 23.8 Å². The van der Waals surface area contributed by atoms with Crippen LogP contribution in [-0.4, -0.2) is 70.0 Å². The number of methoxy groups -OCH3 is 1. The number of aliphatic hydroxyl groups excluding tert-OH is 1. The zero-order valence-electron chi connectivity index (χ0n) is 21.4. The highest BCUT2D eigenvalue weighted by atomic mass is 35.5. The Balaban J connectivity index is 0.00000289. The van der Waals surface area contributed by atoms with Gasteiger partial charge in [0.1, 0.15) is 5.76 Å². The van der Waals surface area contributed by atoms with E-state index in [1.54, 1.807) is 6.07 Å². The van der Waals surface area contributed by atoms with E-state index in [1.165, 1.54) is 38.2 Å². The maximum absolute atomic E-state index is 13.7. The lowest BCUT2D eigenvalue weighted by atomic mass is 9.49. The number of carbonyl (C=O) groups is 2. The number of hydrogen-bond acceptors (Lipinski definition) is 8. The molecule has 0 unspecified atom stereocenters. The fraction of sp³-hybridized carbons (Fsp3) is 0.467. The summed E-state index contributed by atoms with van der Waals surface area (Å²) in [4.78, 5) is 28.4. The number of halogens is 1. The van der Waals surface area contributed by atoms with Gasteiger partial charge in [-0.05, 0) is 68.0 Å². The number of amides is 1. The molecule has 0 aromatic heterocycles. The Morgan fingerprint density at radius 1 is 1.23 bits per heavy atom. The van der Waals surface area contributed by atoms with Crippen molar-refractivity contribution in [2.45, 2.75) is 62.7 Å². The zero-order valence-corrected chi connectivity index (χ0v) is 22.1. The van der Waals surface area contributed by atoms with Crippen molar-refractivity contribution in [3.63, 3.8) is 0 Å². The minimum Gasteiger partial charge on any atom is -0.508 e. The maximum Gasteiger partial charge on any atom is 0.340 e. The molecule has 2 bridgehead atoms. The number of phenols is 1. The summed E-state index contributed by atoms with van der Waals surface area (Å²) in [5.41, 5.74) is -0.477. The molecule has 1 saturated heterocycles. The molecule has 40 heavy (non-hydrogen) atoms. The molecule has 2 aromatic carbocycles. The fourth-order valence-corrected chi connectivity index (χ4v) is 7.64. The Kier molecular flexibility index (Phi) is 6.14. The Morgan fingerprint density at radius 3 is 2.73 bits per heavy atom. The predicted molar refractivity (Wildman–Crippen MR) is 148 cm³/mol. The Labute approximate surface area is 237 Å². The van der Waals surface area contributed by atoms with Crippen LogP contribution >= 0.6 is 11.6 Å². The van der Waals surface area contributed by atoms with Crippen LogP contribution in [0.15, 0.2) is 41.7 Å². The van der Waals surface area contributed by atoms with Gasteiger partial charge in [0.05, 0.1) is 34.9 Å². The van der Waals surface area contributed by atoms with E-state index >= 15 is 0 Å². The number of aliphatic hydroxyl groups is 2.